The van der Waals surface area contributed by atoms with Gasteiger partial charge in [-0.1, -0.05) is 17.3 Å². The summed E-state index contributed by atoms with van der Waals surface area (Å²) in [5.74, 6) is -0.982. The van der Waals surface area contributed by atoms with Crippen molar-refractivity contribution in [2.24, 2.45) is 0 Å². The summed E-state index contributed by atoms with van der Waals surface area (Å²) >= 11 is 1.46. The topological polar surface area (TPSA) is 102 Å². The Morgan fingerprint density at radius 3 is 2.92 bits per heavy atom. The Labute approximate surface area is 146 Å². The van der Waals surface area contributed by atoms with Gasteiger partial charge in [0.25, 0.3) is 5.91 Å². The Bertz CT molecular complexity index is 788. The van der Waals surface area contributed by atoms with Crippen molar-refractivity contribution in [3.05, 3.63) is 47.6 Å². The summed E-state index contributed by atoms with van der Waals surface area (Å²) in [5.41, 5.74) is -1.34. The van der Waals surface area contributed by atoms with Gasteiger partial charge in [-0.2, -0.15) is 11.8 Å². The summed E-state index contributed by atoms with van der Waals surface area (Å²) in [5, 5.41) is 15.5. The van der Waals surface area contributed by atoms with Gasteiger partial charge in [-0.3, -0.25) is 4.79 Å². The Balaban J connectivity index is 1.64. The molecule has 132 valence electrons. The molecule has 0 spiro atoms. The fourth-order valence-corrected chi connectivity index (χ4v) is 3.69. The fourth-order valence-electron chi connectivity index (χ4n) is 2.37. The van der Waals surface area contributed by atoms with Gasteiger partial charge < -0.3 is 19.7 Å². The van der Waals surface area contributed by atoms with Crippen LogP contribution in [0.5, 0.6) is 5.75 Å². The molecule has 25 heavy (non-hydrogen) atoms. The molecule has 9 heteroatoms. The number of para-hydroxylation sites is 1. The van der Waals surface area contributed by atoms with Gasteiger partial charge in [0.15, 0.2) is 23.0 Å². The number of carbonyl (C=O) groups excluding carboxylic acids is 1. The minimum atomic E-state index is -1.29. The van der Waals surface area contributed by atoms with Gasteiger partial charge in [0.2, 0.25) is 0 Å². The number of nitrogens with zero attached hydrogens (tertiary/aromatic N) is 1. The number of rotatable bonds is 6. The quantitative estimate of drug-likeness (QED) is 0.807. The number of hydrogen-bond donors (Lipinski definition) is 2. The van der Waals surface area contributed by atoms with E-state index in [1.807, 2.05) is 0 Å². The predicted molar refractivity (Wildman–Crippen MR) is 87.0 cm³/mol. The van der Waals surface area contributed by atoms with Crippen molar-refractivity contribution in [1.82, 2.24) is 10.5 Å². The molecule has 3 rings (SSSR count). The highest BCUT2D eigenvalue weighted by atomic mass is 32.2. The van der Waals surface area contributed by atoms with Gasteiger partial charge in [0.1, 0.15) is 12.1 Å². The third-order valence-corrected chi connectivity index (χ3v) is 4.97. The second-order valence-electron chi connectivity index (χ2n) is 5.54. The Morgan fingerprint density at radius 1 is 1.44 bits per heavy atom. The van der Waals surface area contributed by atoms with Crippen LogP contribution in [0.25, 0.3) is 0 Å². The molecule has 1 fully saturated rings. The van der Waals surface area contributed by atoms with E-state index in [0.29, 0.717) is 17.9 Å². The number of aromatic nitrogens is 1. The second kappa shape index (κ2) is 7.14. The van der Waals surface area contributed by atoms with E-state index in [0.717, 1.165) is 0 Å². The number of halogens is 1. The standard InChI is InChI=1S/C16H15FN2O5S/c17-11-3-1-2-4-13(11)23-8-10-7-12(19-24-10)14(20)18-16(15(21)22)5-6-25-9-16/h1-4,7H,5-6,8-9H2,(H,18,20)(H,21,22). The van der Waals surface area contributed by atoms with Crippen LogP contribution < -0.4 is 10.1 Å². The highest BCUT2D eigenvalue weighted by molar-refractivity contribution is 7.99. The number of thioether (sulfide) groups is 1. The highest BCUT2D eigenvalue weighted by Crippen LogP contribution is 2.28. The number of carboxylic acid groups (broad SMARTS) is 1. The summed E-state index contributed by atoms with van der Waals surface area (Å²) in [6, 6.07) is 7.24. The van der Waals surface area contributed by atoms with Crippen molar-refractivity contribution >= 4 is 23.6 Å². The van der Waals surface area contributed by atoms with E-state index in [-0.39, 0.29) is 23.8 Å². The number of benzene rings is 1. The third kappa shape index (κ3) is 3.76. The van der Waals surface area contributed by atoms with Crippen molar-refractivity contribution in [2.75, 3.05) is 11.5 Å². The average Bonchev–Trinajstić information content (AvgIpc) is 3.24. The van der Waals surface area contributed by atoms with E-state index in [2.05, 4.69) is 10.5 Å². The maximum absolute atomic E-state index is 13.5. The Morgan fingerprint density at radius 2 is 2.24 bits per heavy atom. The number of aliphatic carboxylic acids is 1. The van der Waals surface area contributed by atoms with Crippen molar-refractivity contribution in [3.63, 3.8) is 0 Å². The first kappa shape index (κ1) is 17.3. The zero-order valence-electron chi connectivity index (χ0n) is 13.0. The molecule has 1 aromatic carbocycles. The third-order valence-electron chi connectivity index (χ3n) is 3.78. The maximum Gasteiger partial charge on any atom is 0.330 e. The summed E-state index contributed by atoms with van der Waals surface area (Å²) in [6.07, 6.45) is 0.347. The lowest BCUT2D eigenvalue weighted by Gasteiger charge is -2.23. The van der Waals surface area contributed by atoms with Crippen LogP contribution in [0, 0.1) is 5.82 Å². The van der Waals surface area contributed by atoms with Gasteiger partial charge in [0, 0.05) is 11.8 Å². The minimum Gasteiger partial charge on any atom is -0.482 e. The Kier molecular flexibility index (Phi) is 4.93. The van der Waals surface area contributed by atoms with Crippen molar-refractivity contribution in [3.8, 4) is 5.75 Å². The molecule has 1 amide bonds. The molecule has 1 unspecified atom stereocenters. The molecule has 1 atom stereocenters. The van der Waals surface area contributed by atoms with E-state index in [9.17, 15) is 19.1 Å². The lowest BCUT2D eigenvalue weighted by Crippen LogP contribution is -2.54. The van der Waals surface area contributed by atoms with E-state index in [1.54, 1.807) is 12.1 Å². The Hall–Kier alpha value is -2.55. The molecule has 2 N–H and O–H groups in total. The first-order chi connectivity index (χ1) is 12.0. The molecule has 1 saturated heterocycles. The van der Waals surface area contributed by atoms with Crippen molar-refractivity contribution in [2.45, 2.75) is 18.6 Å². The van der Waals surface area contributed by atoms with Gasteiger partial charge in [0.05, 0.1) is 0 Å². The van der Waals surface area contributed by atoms with E-state index in [4.69, 9.17) is 9.26 Å². The summed E-state index contributed by atoms with van der Waals surface area (Å²) in [4.78, 5) is 23.7. The number of hydrogen-bond acceptors (Lipinski definition) is 6. The van der Waals surface area contributed by atoms with E-state index < -0.39 is 23.2 Å². The fraction of sp³-hybridized carbons (Fsp3) is 0.312. The molecule has 7 nitrogen and oxygen atoms in total. The largest absolute Gasteiger partial charge is 0.482 e. The highest BCUT2D eigenvalue weighted by Gasteiger charge is 2.43. The predicted octanol–water partition coefficient (Wildman–Crippen LogP) is 2.08. The summed E-state index contributed by atoms with van der Waals surface area (Å²) in [7, 11) is 0. The molecular formula is C16H15FN2O5S. The number of carbonyl (C=O) groups is 2. The van der Waals surface area contributed by atoms with Gasteiger partial charge in [-0.15, -0.1) is 0 Å². The summed E-state index contributed by atoms with van der Waals surface area (Å²) < 4.78 is 23.7. The monoisotopic (exact) mass is 366 g/mol. The van der Waals surface area contributed by atoms with Crippen LogP contribution >= 0.6 is 11.8 Å². The van der Waals surface area contributed by atoms with Crippen LogP contribution in [0.2, 0.25) is 0 Å². The number of amides is 1. The van der Waals surface area contributed by atoms with E-state index >= 15 is 0 Å². The van der Waals surface area contributed by atoms with Crippen LogP contribution in [-0.2, 0) is 11.4 Å². The molecule has 1 aliphatic heterocycles. The van der Waals surface area contributed by atoms with Crippen LogP contribution in [0.3, 0.4) is 0 Å². The average molecular weight is 366 g/mol. The lowest BCUT2D eigenvalue weighted by molar-refractivity contribution is -0.143. The first-order valence-electron chi connectivity index (χ1n) is 7.47. The minimum absolute atomic E-state index is 0.0512. The molecule has 2 aromatic rings. The van der Waals surface area contributed by atoms with Crippen LogP contribution in [0.4, 0.5) is 4.39 Å². The zero-order chi connectivity index (χ0) is 17.9. The lowest BCUT2D eigenvalue weighted by atomic mass is 9.99. The molecule has 2 heterocycles. The first-order valence-corrected chi connectivity index (χ1v) is 8.62. The van der Waals surface area contributed by atoms with E-state index in [1.165, 1.54) is 30.0 Å². The SMILES string of the molecule is O=C(NC1(C(=O)O)CCSC1)c1cc(COc2ccccc2F)on1. The van der Waals surface area contributed by atoms with Crippen LogP contribution in [0.15, 0.2) is 34.9 Å². The van der Waals surface area contributed by atoms with Gasteiger partial charge >= 0.3 is 5.97 Å². The van der Waals surface area contributed by atoms with Crippen LogP contribution in [-0.4, -0.2) is 39.2 Å². The normalized spacial score (nSPS) is 19.6. The molecule has 0 aliphatic carbocycles. The number of carboxylic acids is 1. The van der Waals surface area contributed by atoms with Crippen LogP contribution in [0.1, 0.15) is 22.7 Å². The smallest absolute Gasteiger partial charge is 0.330 e. The molecule has 1 aliphatic rings. The van der Waals surface area contributed by atoms with Gasteiger partial charge in [-0.25, -0.2) is 9.18 Å². The van der Waals surface area contributed by atoms with Crippen molar-refractivity contribution < 1.29 is 28.3 Å². The molecule has 0 radical (unpaired) electrons. The number of nitrogens with one attached hydrogen (secondary N) is 1. The molecular weight excluding hydrogens is 351 g/mol. The summed E-state index contributed by atoms with van der Waals surface area (Å²) in [6.45, 7) is -0.110. The molecule has 0 bridgehead atoms. The van der Waals surface area contributed by atoms with Crippen molar-refractivity contribution in [1.29, 1.82) is 0 Å². The van der Waals surface area contributed by atoms with Gasteiger partial charge in [-0.05, 0) is 24.3 Å². The molecule has 0 saturated carbocycles. The number of ether oxygens (including phenoxy) is 1. The maximum atomic E-state index is 13.5. The molecule has 1 aromatic heterocycles. The zero-order valence-corrected chi connectivity index (χ0v) is 13.8. The second-order valence-corrected chi connectivity index (χ2v) is 6.65.